The zero-order valence-electron chi connectivity index (χ0n) is 14.0. The lowest BCUT2D eigenvalue weighted by Crippen LogP contribution is -2.42. The number of rotatable bonds is 3. The number of halogens is 3. The number of nitrogens with zero attached hydrogens (tertiary/aromatic N) is 2. The lowest BCUT2D eigenvalue weighted by Gasteiger charge is -2.36. The van der Waals surface area contributed by atoms with Gasteiger partial charge >= 0.3 is 0 Å². The summed E-state index contributed by atoms with van der Waals surface area (Å²) in [6.45, 7) is 0.322. The number of hydrogen-bond acceptors (Lipinski definition) is 2. The standard InChI is InChI=1S/C19H15F3N2O2S/c20-13-7-8-16(22)18(12-13)27(25,26)24-11-10-23-9-3-6-17(23)19(24)14-4-1-2-5-15(14)21/h1-9,12,19H,10-11H2/t19-/m0/s1. The van der Waals surface area contributed by atoms with E-state index in [-0.39, 0.29) is 12.1 Å². The molecule has 0 saturated heterocycles. The minimum atomic E-state index is -4.41. The molecule has 2 aromatic carbocycles. The quantitative estimate of drug-likeness (QED) is 0.682. The Bertz CT molecular complexity index is 1110. The summed E-state index contributed by atoms with van der Waals surface area (Å²) in [5, 5.41) is 0. The largest absolute Gasteiger partial charge is 0.348 e. The second-order valence-electron chi connectivity index (χ2n) is 6.24. The molecule has 2 heterocycles. The Hall–Kier alpha value is -2.58. The maximum atomic E-state index is 14.5. The molecular weight excluding hydrogens is 377 g/mol. The van der Waals surface area contributed by atoms with Crippen molar-refractivity contribution >= 4 is 10.0 Å². The number of hydrogen-bond donors (Lipinski definition) is 0. The van der Waals surface area contributed by atoms with Crippen molar-refractivity contribution in [3.63, 3.8) is 0 Å². The van der Waals surface area contributed by atoms with E-state index in [9.17, 15) is 21.6 Å². The van der Waals surface area contributed by atoms with Crippen LogP contribution in [0.15, 0.2) is 65.7 Å². The van der Waals surface area contributed by atoms with Crippen molar-refractivity contribution in [3.8, 4) is 0 Å². The lowest BCUT2D eigenvalue weighted by atomic mass is 10.0. The van der Waals surface area contributed by atoms with Gasteiger partial charge in [-0.25, -0.2) is 21.6 Å². The molecule has 4 nitrogen and oxygen atoms in total. The SMILES string of the molecule is O=S(=O)(c1cc(F)ccc1F)N1CCn2cccc2[C@@H]1c1ccccc1F. The highest BCUT2D eigenvalue weighted by Gasteiger charge is 2.39. The van der Waals surface area contributed by atoms with Crippen molar-refractivity contribution < 1.29 is 21.6 Å². The van der Waals surface area contributed by atoms with Crippen LogP contribution in [0, 0.1) is 17.5 Å². The van der Waals surface area contributed by atoms with Crippen LogP contribution in [0.25, 0.3) is 0 Å². The Kier molecular flexibility index (Phi) is 4.32. The van der Waals surface area contributed by atoms with Crippen LogP contribution in [-0.4, -0.2) is 23.8 Å². The van der Waals surface area contributed by atoms with E-state index in [0.717, 1.165) is 16.4 Å². The fourth-order valence-corrected chi connectivity index (χ4v) is 5.08. The molecule has 4 rings (SSSR count). The average molecular weight is 392 g/mol. The normalized spacial score (nSPS) is 17.7. The summed E-state index contributed by atoms with van der Waals surface area (Å²) in [6.07, 6.45) is 1.77. The first-order valence-electron chi connectivity index (χ1n) is 8.26. The lowest BCUT2D eigenvalue weighted by molar-refractivity contribution is 0.292. The predicted octanol–water partition coefficient (Wildman–Crippen LogP) is 3.70. The summed E-state index contributed by atoms with van der Waals surface area (Å²) in [5.74, 6) is -2.49. The van der Waals surface area contributed by atoms with Gasteiger partial charge in [-0.05, 0) is 36.4 Å². The third kappa shape index (κ3) is 2.94. The fraction of sp³-hybridized carbons (Fsp3) is 0.158. The highest BCUT2D eigenvalue weighted by Crippen LogP contribution is 2.38. The maximum Gasteiger partial charge on any atom is 0.247 e. The van der Waals surface area contributed by atoms with Crippen molar-refractivity contribution in [1.82, 2.24) is 8.87 Å². The molecule has 1 aromatic heterocycles. The Labute approximate surface area is 154 Å². The second kappa shape index (κ2) is 6.54. The summed E-state index contributed by atoms with van der Waals surface area (Å²) >= 11 is 0. The van der Waals surface area contributed by atoms with Crippen LogP contribution < -0.4 is 0 Å². The Morgan fingerprint density at radius 1 is 0.889 bits per heavy atom. The van der Waals surface area contributed by atoms with E-state index in [4.69, 9.17) is 0 Å². The van der Waals surface area contributed by atoms with E-state index >= 15 is 0 Å². The molecule has 0 spiro atoms. The van der Waals surface area contributed by atoms with E-state index in [1.807, 2.05) is 4.57 Å². The predicted molar refractivity (Wildman–Crippen MR) is 92.9 cm³/mol. The molecular formula is C19H15F3N2O2S. The topological polar surface area (TPSA) is 42.3 Å². The number of benzene rings is 2. The van der Waals surface area contributed by atoms with Crippen LogP contribution in [0.2, 0.25) is 0 Å². The Morgan fingerprint density at radius 2 is 1.67 bits per heavy atom. The molecule has 0 N–H and O–H groups in total. The van der Waals surface area contributed by atoms with Gasteiger partial charge in [0.15, 0.2) is 0 Å². The smallest absolute Gasteiger partial charge is 0.247 e. The summed E-state index contributed by atoms with van der Waals surface area (Å²) in [6, 6.07) is 10.6. The van der Waals surface area contributed by atoms with E-state index in [0.29, 0.717) is 18.3 Å². The monoisotopic (exact) mass is 392 g/mol. The molecule has 8 heteroatoms. The van der Waals surface area contributed by atoms with Crippen LogP contribution in [-0.2, 0) is 16.6 Å². The third-order valence-corrected chi connectivity index (χ3v) is 6.55. The van der Waals surface area contributed by atoms with Crippen molar-refractivity contribution in [2.45, 2.75) is 17.5 Å². The molecule has 1 aliphatic heterocycles. The van der Waals surface area contributed by atoms with Crippen LogP contribution >= 0.6 is 0 Å². The van der Waals surface area contributed by atoms with Gasteiger partial charge in [-0.2, -0.15) is 4.31 Å². The Balaban J connectivity index is 1.91. The second-order valence-corrected chi connectivity index (χ2v) is 8.10. The Morgan fingerprint density at radius 3 is 2.44 bits per heavy atom. The minimum absolute atomic E-state index is 0.00102. The zero-order chi connectivity index (χ0) is 19.2. The van der Waals surface area contributed by atoms with Crippen LogP contribution in [0.4, 0.5) is 13.2 Å². The van der Waals surface area contributed by atoms with Gasteiger partial charge in [0.1, 0.15) is 22.3 Å². The van der Waals surface area contributed by atoms with Crippen LogP contribution in [0.3, 0.4) is 0 Å². The van der Waals surface area contributed by atoms with Gasteiger partial charge < -0.3 is 4.57 Å². The highest BCUT2D eigenvalue weighted by atomic mass is 32.2. The highest BCUT2D eigenvalue weighted by molar-refractivity contribution is 7.89. The molecule has 0 bridgehead atoms. The van der Waals surface area contributed by atoms with Gasteiger partial charge in [-0.15, -0.1) is 0 Å². The van der Waals surface area contributed by atoms with Gasteiger partial charge in [0.25, 0.3) is 0 Å². The molecule has 1 aliphatic rings. The molecule has 0 fully saturated rings. The first-order chi connectivity index (χ1) is 12.9. The fourth-order valence-electron chi connectivity index (χ4n) is 3.43. The van der Waals surface area contributed by atoms with E-state index in [2.05, 4.69) is 0 Å². The molecule has 0 aliphatic carbocycles. The molecule has 3 aromatic rings. The van der Waals surface area contributed by atoms with Gasteiger partial charge in [0.2, 0.25) is 10.0 Å². The number of aromatic nitrogens is 1. The molecule has 140 valence electrons. The molecule has 1 atom stereocenters. The molecule has 27 heavy (non-hydrogen) atoms. The van der Waals surface area contributed by atoms with Crippen molar-refractivity contribution in [2.75, 3.05) is 6.54 Å². The molecule has 0 saturated carbocycles. The number of sulfonamides is 1. The van der Waals surface area contributed by atoms with Gasteiger partial charge in [-0.1, -0.05) is 18.2 Å². The van der Waals surface area contributed by atoms with Crippen molar-refractivity contribution in [2.24, 2.45) is 0 Å². The minimum Gasteiger partial charge on any atom is -0.348 e. The van der Waals surface area contributed by atoms with Gasteiger partial charge in [0, 0.05) is 30.5 Å². The number of fused-ring (bicyclic) bond motifs is 1. The van der Waals surface area contributed by atoms with Crippen LogP contribution in [0.5, 0.6) is 0 Å². The first kappa shape index (κ1) is 17.8. The van der Waals surface area contributed by atoms with Crippen molar-refractivity contribution in [3.05, 3.63) is 89.5 Å². The van der Waals surface area contributed by atoms with Gasteiger partial charge in [0.05, 0.1) is 6.04 Å². The first-order valence-corrected chi connectivity index (χ1v) is 9.70. The summed E-state index contributed by atoms with van der Waals surface area (Å²) < 4.78 is 71.5. The summed E-state index contributed by atoms with van der Waals surface area (Å²) in [4.78, 5) is -0.760. The third-order valence-electron chi connectivity index (χ3n) is 4.67. The van der Waals surface area contributed by atoms with Crippen LogP contribution in [0.1, 0.15) is 17.3 Å². The van der Waals surface area contributed by atoms with E-state index < -0.39 is 38.4 Å². The van der Waals surface area contributed by atoms with Crippen molar-refractivity contribution in [1.29, 1.82) is 0 Å². The summed E-state index contributed by atoms with van der Waals surface area (Å²) in [7, 11) is -4.41. The van der Waals surface area contributed by atoms with Gasteiger partial charge in [-0.3, -0.25) is 0 Å². The molecule has 0 amide bonds. The molecule has 0 radical (unpaired) electrons. The van der Waals surface area contributed by atoms with E-state index in [1.54, 1.807) is 24.4 Å². The summed E-state index contributed by atoms with van der Waals surface area (Å²) in [5.41, 5.74) is 0.712. The average Bonchev–Trinajstić information content (AvgIpc) is 3.12. The van der Waals surface area contributed by atoms with E-state index in [1.165, 1.54) is 18.2 Å². The zero-order valence-corrected chi connectivity index (χ0v) is 14.8. The maximum absolute atomic E-state index is 14.5. The molecule has 0 unspecified atom stereocenters.